The minimum Gasteiger partial charge on any atom is -0.264 e. The molecule has 170 valence electrons. The maximum atomic E-state index is 12.1. The molecule has 8 atom stereocenters. The molecule has 3 fully saturated rings. The van der Waals surface area contributed by atoms with E-state index in [0.29, 0.717) is 23.2 Å². The highest BCUT2D eigenvalue weighted by Crippen LogP contribution is 2.68. The van der Waals surface area contributed by atoms with Crippen molar-refractivity contribution >= 4 is 0 Å². The largest absolute Gasteiger partial charge is 0.264 e. The first kappa shape index (κ1) is 22.3. The maximum Gasteiger partial charge on any atom is 0.234 e. The lowest BCUT2D eigenvalue weighted by Gasteiger charge is -2.58. The zero-order valence-electron chi connectivity index (χ0n) is 20.2. The van der Waals surface area contributed by atoms with Crippen LogP contribution >= 0.6 is 0 Å². The second-order valence-corrected chi connectivity index (χ2v) is 12.4. The number of fused-ring (bicyclic) bond motifs is 5. The van der Waals surface area contributed by atoms with Crippen LogP contribution < -0.4 is 0 Å². The van der Waals surface area contributed by atoms with Crippen LogP contribution in [-0.2, 0) is 0 Å². The molecule has 0 radical (unpaired) electrons. The first-order valence-corrected chi connectivity index (χ1v) is 13.0. The molecule has 0 bridgehead atoms. The fourth-order valence-corrected chi connectivity index (χ4v) is 9.04. The third kappa shape index (κ3) is 3.56. The van der Waals surface area contributed by atoms with Crippen molar-refractivity contribution in [3.8, 4) is 0 Å². The SMILES string of the molecule is CC(C)CCC[C@H](C)[C@H]1CC[C@H]2[C@@H]3C[C@@H]([N+](=O)[O-])C4=CCCC[C@]4(C)[C@H]3CC[C@]12C. The van der Waals surface area contributed by atoms with Gasteiger partial charge in [-0.05, 0) is 91.3 Å². The molecule has 0 spiro atoms. The van der Waals surface area contributed by atoms with Crippen LogP contribution in [0.15, 0.2) is 11.6 Å². The van der Waals surface area contributed by atoms with Crippen LogP contribution in [0.5, 0.6) is 0 Å². The van der Waals surface area contributed by atoms with Gasteiger partial charge in [0.15, 0.2) is 0 Å². The highest BCUT2D eigenvalue weighted by atomic mass is 16.6. The standard InChI is InChI=1S/C27H45NO2/c1-18(2)9-8-10-19(3)21-12-13-22-20-17-25(28(29)30)24-11-6-7-15-26(24,4)23(20)14-16-27(21,22)5/h11,18-23,25H,6-10,12-17H2,1-5H3/t19-,20-,21+,22-,23-,25+,26+,27+/m0/s1. The fraction of sp³-hybridized carbons (Fsp3) is 0.926. The van der Waals surface area contributed by atoms with Gasteiger partial charge in [-0.25, -0.2) is 0 Å². The lowest BCUT2D eigenvalue weighted by molar-refractivity contribution is -0.521. The van der Waals surface area contributed by atoms with Gasteiger partial charge in [-0.3, -0.25) is 10.1 Å². The Kier molecular flexibility index (Phi) is 6.14. The molecule has 3 nitrogen and oxygen atoms in total. The van der Waals surface area contributed by atoms with Crippen molar-refractivity contribution in [3.63, 3.8) is 0 Å². The molecule has 0 aromatic carbocycles. The van der Waals surface area contributed by atoms with Gasteiger partial charge in [0.1, 0.15) is 0 Å². The summed E-state index contributed by atoms with van der Waals surface area (Å²) in [4.78, 5) is 12.2. The lowest BCUT2D eigenvalue weighted by Crippen LogP contribution is -2.55. The van der Waals surface area contributed by atoms with Crippen LogP contribution in [-0.4, -0.2) is 11.0 Å². The van der Waals surface area contributed by atoms with E-state index in [1.807, 2.05) is 0 Å². The van der Waals surface area contributed by atoms with Crippen LogP contribution in [0.3, 0.4) is 0 Å². The summed E-state index contributed by atoms with van der Waals surface area (Å²) in [5.41, 5.74) is 1.70. The smallest absolute Gasteiger partial charge is 0.234 e. The molecule has 0 aromatic rings. The van der Waals surface area contributed by atoms with E-state index in [2.05, 4.69) is 40.7 Å². The van der Waals surface area contributed by atoms with Gasteiger partial charge in [-0.15, -0.1) is 0 Å². The summed E-state index contributed by atoms with van der Waals surface area (Å²) in [7, 11) is 0. The Morgan fingerprint density at radius 1 is 1.10 bits per heavy atom. The first-order valence-electron chi connectivity index (χ1n) is 13.0. The van der Waals surface area contributed by atoms with Crippen molar-refractivity contribution in [1.29, 1.82) is 0 Å². The molecule has 0 unspecified atom stereocenters. The molecule has 0 amide bonds. The molecule has 3 saturated carbocycles. The molecule has 4 aliphatic rings. The summed E-state index contributed by atoms with van der Waals surface area (Å²) in [6, 6.07) is -0.415. The first-order chi connectivity index (χ1) is 14.2. The predicted octanol–water partition coefficient (Wildman–Crippen LogP) is 7.67. The fourth-order valence-electron chi connectivity index (χ4n) is 9.04. The quantitative estimate of drug-likeness (QED) is 0.254. The van der Waals surface area contributed by atoms with Crippen molar-refractivity contribution in [1.82, 2.24) is 0 Å². The monoisotopic (exact) mass is 415 g/mol. The summed E-state index contributed by atoms with van der Waals surface area (Å²) in [6.45, 7) is 12.2. The number of allylic oxidation sites excluding steroid dienone is 1. The summed E-state index contributed by atoms with van der Waals surface area (Å²) < 4.78 is 0. The van der Waals surface area contributed by atoms with Crippen molar-refractivity contribution < 1.29 is 4.92 Å². The van der Waals surface area contributed by atoms with Crippen LogP contribution in [0, 0.1) is 56.5 Å². The Labute approximate surface area is 184 Å². The number of hydrogen-bond acceptors (Lipinski definition) is 2. The average Bonchev–Trinajstić information content (AvgIpc) is 3.03. The highest BCUT2D eigenvalue weighted by molar-refractivity contribution is 5.27. The molecule has 4 aliphatic carbocycles. The van der Waals surface area contributed by atoms with E-state index >= 15 is 0 Å². The Hall–Kier alpha value is -0.860. The summed E-state index contributed by atoms with van der Waals surface area (Å²) in [6.07, 6.45) is 15.9. The average molecular weight is 416 g/mol. The number of nitrogens with zero attached hydrogens (tertiary/aromatic N) is 1. The number of nitro groups is 1. The molecule has 0 aromatic heterocycles. The van der Waals surface area contributed by atoms with E-state index in [1.54, 1.807) is 0 Å². The van der Waals surface area contributed by atoms with Gasteiger partial charge < -0.3 is 0 Å². The van der Waals surface area contributed by atoms with Gasteiger partial charge in [0.05, 0.1) is 0 Å². The molecular formula is C27H45NO2. The highest BCUT2D eigenvalue weighted by Gasteiger charge is 2.62. The summed E-state index contributed by atoms with van der Waals surface area (Å²) >= 11 is 0. The molecule has 0 heterocycles. The van der Waals surface area contributed by atoms with E-state index in [1.165, 1.54) is 63.4 Å². The van der Waals surface area contributed by atoms with Gasteiger partial charge in [-0.2, -0.15) is 0 Å². The van der Waals surface area contributed by atoms with Gasteiger partial charge in [-0.1, -0.05) is 60.0 Å². The van der Waals surface area contributed by atoms with Crippen molar-refractivity contribution in [2.45, 2.75) is 111 Å². The maximum absolute atomic E-state index is 12.1. The van der Waals surface area contributed by atoms with Crippen LogP contribution in [0.1, 0.15) is 105 Å². The number of rotatable bonds is 6. The minimum atomic E-state index is -0.415. The molecule has 0 N–H and O–H groups in total. The molecule has 0 saturated heterocycles. The minimum absolute atomic E-state index is 0.0680. The predicted molar refractivity (Wildman–Crippen MR) is 124 cm³/mol. The zero-order chi connectivity index (χ0) is 21.7. The lowest BCUT2D eigenvalue weighted by atomic mass is 9.45. The topological polar surface area (TPSA) is 43.1 Å². The van der Waals surface area contributed by atoms with E-state index in [-0.39, 0.29) is 10.3 Å². The third-order valence-corrected chi connectivity index (χ3v) is 10.5. The molecular weight excluding hydrogens is 370 g/mol. The van der Waals surface area contributed by atoms with Gasteiger partial charge >= 0.3 is 0 Å². The molecule has 3 heteroatoms. The van der Waals surface area contributed by atoms with Crippen LogP contribution in [0.4, 0.5) is 0 Å². The normalized spacial score (nSPS) is 44.1. The second-order valence-electron chi connectivity index (χ2n) is 12.4. The van der Waals surface area contributed by atoms with Gasteiger partial charge in [0.25, 0.3) is 0 Å². The van der Waals surface area contributed by atoms with Gasteiger partial charge in [0, 0.05) is 16.9 Å². The molecule has 0 aliphatic heterocycles. The Bertz CT molecular complexity index is 684. The second kappa shape index (κ2) is 8.24. The summed E-state index contributed by atoms with van der Waals surface area (Å²) in [5.74, 6) is 4.36. The van der Waals surface area contributed by atoms with Crippen LogP contribution in [0.25, 0.3) is 0 Å². The van der Waals surface area contributed by atoms with Crippen molar-refractivity contribution in [2.24, 2.45) is 46.3 Å². The molecule has 4 rings (SSSR count). The molecule has 30 heavy (non-hydrogen) atoms. The summed E-state index contributed by atoms with van der Waals surface area (Å²) in [5, 5.41) is 12.1. The van der Waals surface area contributed by atoms with E-state index in [0.717, 1.165) is 30.6 Å². The Morgan fingerprint density at radius 3 is 2.57 bits per heavy atom. The number of hydrogen-bond donors (Lipinski definition) is 0. The van der Waals surface area contributed by atoms with Crippen molar-refractivity contribution in [2.75, 3.05) is 0 Å². The van der Waals surface area contributed by atoms with E-state index in [9.17, 15) is 10.1 Å². The van der Waals surface area contributed by atoms with Crippen LogP contribution in [0.2, 0.25) is 0 Å². The third-order valence-electron chi connectivity index (χ3n) is 10.5. The Balaban J connectivity index is 1.56. The zero-order valence-corrected chi connectivity index (χ0v) is 20.2. The van der Waals surface area contributed by atoms with Crippen molar-refractivity contribution in [3.05, 3.63) is 21.8 Å². The van der Waals surface area contributed by atoms with Gasteiger partial charge in [0.2, 0.25) is 6.04 Å². The van der Waals surface area contributed by atoms with E-state index < -0.39 is 6.04 Å². The Morgan fingerprint density at radius 2 is 1.87 bits per heavy atom. The van der Waals surface area contributed by atoms with E-state index in [4.69, 9.17) is 0 Å².